The van der Waals surface area contributed by atoms with Crippen molar-refractivity contribution in [2.75, 3.05) is 6.54 Å². The van der Waals surface area contributed by atoms with Crippen molar-refractivity contribution in [1.29, 1.82) is 0 Å². The minimum Gasteiger partial charge on any atom is -0.355 e. The van der Waals surface area contributed by atoms with Gasteiger partial charge in [-0.15, -0.1) is 0 Å². The standard InChI is InChI=1S/C13H24N2O/c1-13(7-2-3-8-13)9-15-12(16)10-5-4-6-11(10)14/h10-11H,2-9,14H2,1H3,(H,15,16). The smallest absolute Gasteiger partial charge is 0.224 e. The third kappa shape index (κ3) is 2.57. The SMILES string of the molecule is CC1(CNC(=O)C2CCCC2N)CCCC1. The second-order valence-corrected chi connectivity index (χ2v) is 5.94. The van der Waals surface area contributed by atoms with Gasteiger partial charge in [0.25, 0.3) is 0 Å². The minimum atomic E-state index is 0.0741. The zero-order chi connectivity index (χ0) is 11.6. The Morgan fingerprint density at radius 2 is 2.00 bits per heavy atom. The number of hydrogen-bond donors (Lipinski definition) is 2. The van der Waals surface area contributed by atoms with Crippen LogP contribution < -0.4 is 11.1 Å². The lowest BCUT2D eigenvalue weighted by Gasteiger charge is -2.25. The van der Waals surface area contributed by atoms with E-state index in [9.17, 15) is 4.79 Å². The molecule has 2 fully saturated rings. The average molecular weight is 224 g/mol. The fraction of sp³-hybridized carbons (Fsp3) is 0.923. The summed E-state index contributed by atoms with van der Waals surface area (Å²) in [7, 11) is 0. The van der Waals surface area contributed by atoms with Gasteiger partial charge < -0.3 is 11.1 Å². The fourth-order valence-electron chi connectivity index (χ4n) is 3.15. The van der Waals surface area contributed by atoms with E-state index in [1.165, 1.54) is 25.7 Å². The summed E-state index contributed by atoms with van der Waals surface area (Å²) in [6.45, 7) is 3.13. The van der Waals surface area contributed by atoms with Crippen LogP contribution in [0.1, 0.15) is 51.9 Å². The quantitative estimate of drug-likeness (QED) is 0.768. The second-order valence-electron chi connectivity index (χ2n) is 5.94. The molecule has 2 saturated carbocycles. The topological polar surface area (TPSA) is 55.1 Å². The van der Waals surface area contributed by atoms with Crippen molar-refractivity contribution >= 4 is 5.91 Å². The van der Waals surface area contributed by atoms with Crippen molar-refractivity contribution < 1.29 is 4.79 Å². The summed E-state index contributed by atoms with van der Waals surface area (Å²) in [5.41, 5.74) is 6.28. The van der Waals surface area contributed by atoms with Gasteiger partial charge in [0.05, 0.1) is 5.92 Å². The zero-order valence-corrected chi connectivity index (χ0v) is 10.3. The molecule has 3 N–H and O–H groups in total. The molecule has 0 radical (unpaired) electrons. The Labute approximate surface area is 98.2 Å². The molecule has 0 aromatic carbocycles. The highest BCUT2D eigenvalue weighted by molar-refractivity contribution is 5.79. The Morgan fingerprint density at radius 3 is 2.56 bits per heavy atom. The van der Waals surface area contributed by atoms with Gasteiger partial charge in [-0.1, -0.05) is 26.2 Å². The molecule has 0 aromatic heterocycles. The van der Waals surface area contributed by atoms with Crippen LogP contribution in [0, 0.1) is 11.3 Å². The van der Waals surface area contributed by atoms with Crippen LogP contribution >= 0.6 is 0 Å². The van der Waals surface area contributed by atoms with Crippen LogP contribution in [0.2, 0.25) is 0 Å². The molecule has 2 aliphatic rings. The molecular formula is C13H24N2O. The zero-order valence-electron chi connectivity index (χ0n) is 10.3. The number of carbonyl (C=O) groups excluding carboxylic acids is 1. The predicted octanol–water partition coefficient (Wildman–Crippen LogP) is 1.81. The molecule has 0 aromatic rings. The van der Waals surface area contributed by atoms with E-state index in [1.54, 1.807) is 0 Å². The van der Waals surface area contributed by atoms with Gasteiger partial charge in [-0.2, -0.15) is 0 Å². The van der Waals surface area contributed by atoms with Crippen LogP contribution in [-0.4, -0.2) is 18.5 Å². The molecule has 92 valence electrons. The van der Waals surface area contributed by atoms with E-state index in [0.29, 0.717) is 5.41 Å². The van der Waals surface area contributed by atoms with Crippen molar-refractivity contribution in [3.05, 3.63) is 0 Å². The Bertz CT molecular complexity index is 259. The number of nitrogens with one attached hydrogen (secondary N) is 1. The summed E-state index contributed by atoms with van der Waals surface area (Å²) in [5, 5.41) is 3.12. The maximum atomic E-state index is 12.0. The first kappa shape index (κ1) is 11.9. The van der Waals surface area contributed by atoms with Crippen molar-refractivity contribution in [1.82, 2.24) is 5.32 Å². The van der Waals surface area contributed by atoms with E-state index in [4.69, 9.17) is 5.73 Å². The Morgan fingerprint density at radius 1 is 1.31 bits per heavy atom. The lowest BCUT2D eigenvalue weighted by molar-refractivity contribution is -0.125. The van der Waals surface area contributed by atoms with E-state index < -0.39 is 0 Å². The molecule has 2 unspecified atom stereocenters. The molecular weight excluding hydrogens is 200 g/mol. The molecule has 0 spiro atoms. The predicted molar refractivity (Wildman–Crippen MR) is 64.9 cm³/mol. The second kappa shape index (κ2) is 4.74. The van der Waals surface area contributed by atoms with Gasteiger partial charge in [-0.05, 0) is 31.1 Å². The summed E-state index contributed by atoms with van der Waals surface area (Å²) in [4.78, 5) is 12.0. The number of carbonyl (C=O) groups is 1. The molecule has 0 saturated heterocycles. The largest absolute Gasteiger partial charge is 0.355 e. The Hall–Kier alpha value is -0.570. The van der Waals surface area contributed by atoms with Crippen molar-refractivity contribution in [3.8, 4) is 0 Å². The van der Waals surface area contributed by atoms with E-state index >= 15 is 0 Å². The highest BCUT2D eigenvalue weighted by atomic mass is 16.1. The number of amides is 1. The summed E-state index contributed by atoms with van der Waals surface area (Å²) in [6, 6.07) is 0.0939. The normalized spacial score (nSPS) is 32.9. The van der Waals surface area contributed by atoms with Gasteiger partial charge in [0.15, 0.2) is 0 Å². The highest BCUT2D eigenvalue weighted by Gasteiger charge is 2.33. The maximum Gasteiger partial charge on any atom is 0.224 e. The van der Waals surface area contributed by atoms with E-state index in [-0.39, 0.29) is 17.9 Å². The average Bonchev–Trinajstić information content (AvgIpc) is 2.85. The fourth-order valence-corrected chi connectivity index (χ4v) is 3.15. The summed E-state index contributed by atoms with van der Waals surface area (Å²) >= 11 is 0. The molecule has 2 atom stereocenters. The first-order valence-corrected chi connectivity index (χ1v) is 6.64. The summed E-state index contributed by atoms with van der Waals surface area (Å²) in [5.74, 6) is 0.267. The number of hydrogen-bond acceptors (Lipinski definition) is 2. The molecule has 0 bridgehead atoms. The molecule has 2 aliphatic carbocycles. The number of nitrogens with two attached hydrogens (primary N) is 1. The van der Waals surface area contributed by atoms with E-state index in [0.717, 1.165) is 25.8 Å². The summed E-state index contributed by atoms with van der Waals surface area (Å²) < 4.78 is 0. The molecule has 0 aliphatic heterocycles. The van der Waals surface area contributed by atoms with Crippen molar-refractivity contribution in [3.63, 3.8) is 0 Å². The maximum absolute atomic E-state index is 12.0. The van der Waals surface area contributed by atoms with E-state index in [2.05, 4.69) is 12.2 Å². The van der Waals surface area contributed by atoms with E-state index in [1.807, 2.05) is 0 Å². The Balaban J connectivity index is 1.79. The first-order valence-electron chi connectivity index (χ1n) is 6.64. The molecule has 1 amide bonds. The molecule has 0 heterocycles. The van der Waals surface area contributed by atoms with Gasteiger partial charge in [-0.3, -0.25) is 4.79 Å². The monoisotopic (exact) mass is 224 g/mol. The lowest BCUT2D eigenvalue weighted by atomic mass is 9.88. The van der Waals surface area contributed by atoms with Crippen LogP contribution in [0.4, 0.5) is 0 Å². The van der Waals surface area contributed by atoms with Gasteiger partial charge >= 0.3 is 0 Å². The van der Waals surface area contributed by atoms with Gasteiger partial charge in [0.1, 0.15) is 0 Å². The van der Waals surface area contributed by atoms with Crippen molar-refractivity contribution in [2.45, 2.75) is 57.9 Å². The van der Waals surface area contributed by atoms with Gasteiger partial charge in [0.2, 0.25) is 5.91 Å². The molecule has 3 nitrogen and oxygen atoms in total. The molecule has 16 heavy (non-hydrogen) atoms. The third-order valence-electron chi connectivity index (χ3n) is 4.41. The van der Waals surface area contributed by atoms with Crippen molar-refractivity contribution in [2.24, 2.45) is 17.1 Å². The van der Waals surface area contributed by atoms with Gasteiger partial charge in [0, 0.05) is 12.6 Å². The Kier molecular flexibility index (Phi) is 3.53. The van der Waals surface area contributed by atoms with Crippen LogP contribution in [0.25, 0.3) is 0 Å². The van der Waals surface area contributed by atoms with Crippen LogP contribution in [-0.2, 0) is 4.79 Å². The third-order valence-corrected chi connectivity index (χ3v) is 4.41. The molecule has 3 heteroatoms. The lowest BCUT2D eigenvalue weighted by Crippen LogP contribution is -2.42. The molecule has 2 rings (SSSR count). The van der Waals surface area contributed by atoms with Crippen LogP contribution in [0.5, 0.6) is 0 Å². The number of rotatable bonds is 3. The van der Waals surface area contributed by atoms with Crippen LogP contribution in [0.3, 0.4) is 0 Å². The van der Waals surface area contributed by atoms with Crippen LogP contribution in [0.15, 0.2) is 0 Å². The van der Waals surface area contributed by atoms with Gasteiger partial charge in [-0.25, -0.2) is 0 Å². The highest BCUT2D eigenvalue weighted by Crippen LogP contribution is 2.36. The first-order chi connectivity index (χ1) is 7.61. The summed E-state index contributed by atoms with van der Waals surface area (Å²) in [6.07, 6.45) is 8.23. The minimum absolute atomic E-state index is 0.0741.